The maximum Gasteiger partial charge on any atom is 0.0702 e. The lowest BCUT2D eigenvalue weighted by Gasteiger charge is -2.28. The Bertz CT molecular complexity index is 542. The molecule has 106 valence electrons. The fourth-order valence-corrected chi connectivity index (χ4v) is 2.58. The predicted octanol–water partition coefficient (Wildman–Crippen LogP) is 4.77. The molecule has 0 saturated carbocycles. The zero-order valence-corrected chi connectivity index (χ0v) is 12.5. The lowest BCUT2D eigenvalue weighted by molar-refractivity contribution is 0.282. The van der Waals surface area contributed by atoms with E-state index in [1.807, 2.05) is 36.4 Å². The summed E-state index contributed by atoms with van der Waals surface area (Å²) in [6.45, 7) is 3.05. The van der Waals surface area contributed by atoms with E-state index in [2.05, 4.69) is 24.0 Å². The molecule has 0 heterocycles. The van der Waals surface area contributed by atoms with Crippen LogP contribution in [0.4, 0.5) is 11.4 Å². The molecule has 0 atom stereocenters. The molecule has 20 heavy (non-hydrogen) atoms. The molecule has 0 aliphatic heterocycles. The van der Waals surface area contributed by atoms with Gasteiger partial charge in [0.05, 0.1) is 17.3 Å². The van der Waals surface area contributed by atoms with Crippen molar-refractivity contribution >= 4 is 23.0 Å². The predicted molar refractivity (Wildman–Crippen MR) is 85.7 cm³/mol. The van der Waals surface area contributed by atoms with Crippen molar-refractivity contribution in [2.45, 2.75) is 26.4 Å². The zero-order valence-electron chi connectivity index (χ0n) is 11.7. The molecule has 0 saturated heterocycles. The van der Waals surface area contributed by atoms with Crippen LogP contribution in [-0.4, -0.2) is 11.7 Å². The third-order valence-electron chi connectivity index (χ3n) is 3.31. The van der Waals surface area contributed by atoms with Gasteiger partial charge in [-0.3, -0.25) is 0 Å². The highest BCUT2D eigenvalue weighted by Crippen LogP contribution is 2.35. The molecule has 2 nitrogen and oxygen atoms in total. The van der Waals surface area contributed by atoms with Crippen molar-refractivity contribution in [1.82, 2.24) is 0 Å². The molecule has 0 aliphatic carbocycles. The van der Waals surface area contributed by atoms with Crippen LogP contribution in [0.3, 0.4) is 0 Å². The van der Waals surface area contributed by atoms with Gasteiger partial charge in [-0.25, -0.2) is 0 Å². The van der Waals surface area contributed by atoms with Crippen LogP contribution in [-0.2, 0) is 6.61 Å². The Morgan fingerprint density at radius 2 is 1.80 bits per heavy atom. The highest BCUT2D eigenvalue weighted by molar-refractivity contribution is 6.33. The molecule has 0 spiro atoms. The summed E-state index contributed by atoms with van der Waals surface area (Å²) in [5, 5.41) is 10.3. The number of hydrogen-bond donors (Lipinski definition) is 1. The first-order valence-corrected chi connectivity index (χ1v) is 7.36. The van der Waals surface area contributed by atoms with Crippen LogP contribution >= 0.6 is 11.6 Å². The average molecular weight is 290 g/mol. The van der Waals surface area contributed by atoms with Crippen LogP contribution in [0.5, 0.6) is 0 Å². The second kappa shape index (κ2) is 7.32. The smallest absolute Gasteiger partial charge is 0.0702 e. The topological polar surface area (TPSA) is 23.5 Å². The average Bonchev–Trinajstić information content (AvgIpc) is 2.50. The van der Waals surface area contributed by atoms with E-state index in [-0.39, 0.29) is 6.61 Å². The first-order chi connectivity index (χ1) is 9.77. The minimum atomic E-state index is -0.00858. The van der Waals surface area contributed by atoms with Gasteiger partial charge in [0.25, 0.3) is 0 Å². The van der Waals surface area contributed by atoms with Crippen LogP contribution in [0.1, 0.15) is 25.3 Å². The van der Waals surface area contributed by atoms with E-state index in [4.69, 9.17) is 11.6 Å². The third-order valence-corrected chi connectivity index (χ3v) is 3.62. The Morgan fingerprint density at radius 1 is 1.05 bits per heavy atom. The molecule has 1 N–H and O–H groups in total. The molecule has 0 radical (unpaired) electrons. The lowest BCUT2D eigenvalue weighted by Crippen LogP contribution is -2.20. The maximum absolute atomic E-state index is 9.58. The summed E-state index contributed by atoms with van der Waals surface area (Å²) in [6, 6.07) is 15.8. The fraction of sp³-hybridized carbons (Fsp3) is 0.294. The molecule has 2 aromatic carbocycles. The third kappa shape index (κ3) is 3.33. The molecule has 0 fully saturated rings. The van der Waals surface area contributed by atoms with Crippen molar-refractivity contribution in [2.24, 2.45) is 0 Å². The number of nitrogens with zero attached hydrogens (tertiary/aromatic N) is 1. The van der Waals surface area contributed by atoms with Gasteiger partial charge < -0.3 is 10.0 Å². The monoisotopic (exact) mass is 289 g/mol. The van der Waals surface area contributed by atoms with Crippen LogP contribution in [0.25, 0.3) is 0 Å². The van der Waals surface area contributed by atoms with E-state index in [9.17, 15) is 5.11 Å². The van der Waals surface area contributed by atoms with E-state index in [0.717, 1.165) is 36.3 Å². The minimum Gasteiger partial charge on any atom is -0.392 e. The van der Waals surface area contributed by atoms with Crippen molar-refractivity contribution in [3.63, 3.8) is 0 Å². The summed E-state index contributed by atoms with van der Waals surface area (Å²) >= 11 is 6.38. The van der Waals surface area contributed by atoms with Gasteiger partial charge in [-0.1, -0.05) is 55.3 Å². The number of halogens is 1. The van der Waals surface area contributed by atoms with E-state index in [0.29, 0.717) is 5.02 Å². The highest BCUT2D eigenvalue weighted by atomic mass is 35.5. The van der Waals surface area contributed by atoms with E-state index in [1.165, 1.54) is 0 Å². The van der Waals surface area contributed by atoms with Gasteiger partial charge in [0.2, 0.25) is 0 Å². The quantitative estimate of drug-likeness (QED) is 0.828. The summed E-state index contributed by atoms with van der Waals surface area (Å²) in [4.78, 5) is 2.19. The van der Waals surface area contributed by atoms with Crippen molar-refractivity contribution in [1.29, 1.82) is 0 Å². The van der Waals surface area contributed by atoms with Gasteiger partial charge in [-0.2, -0.15) is 0 Å². The number of rotatable bonds is 6. The molecule has 0 amide bonds. The molecule has 2 aromatic rings. The summed E-state index contributed by atoms with van der Waals surface area (Å²) in [5.74, 6) is 0. The molecule has 0 bridgehead atoms. The van der Waals surface area contributed by atoms with Crippen LogP contribution in [0.2, 0.25) is 5.02 Å². The van der Waals surface area contributed by atoms with Gasteiger partial charge in [0.15, 0.2) is 0 Å². The summed E-state index contributed by atoms with van der Waals surface area (Å²) in [5.41, 5.74) is 2.87. The Hall–Kier alpha value is -1.51. The van der Waals surface area contributed by atoms with Crippen LogP contribution in [0.15, 0.2) is 48.5 Å². The van der Waals surface area contributed by atoms with Gasteiger partial charge in [0.1, 0.15) is 0 Å². The summed E-state index contributed by atoms with van der Waals surface area (Å²) in [6.07, 6.45) is 2.19. The molecular weight excluding hydrogens is 270 g/mol. The number of unbranched alkanes of at least 4 members (excludes halogenated alkanes) is 1. The van der Waals surface area contributed by atoms with Crippen LogP contribution < -0.4 is 4.90 Å². The number of hydrogen-bond acceptors (Lipinski definition) is 2. The first-order valence-electron chi connectivity index (χ1n) is 6.98. The minimum absolute atomic E-state index is 0.00858. The zero-order chi connectivity index (χ0) is 14.4. The second-order valence-corrected chi connectivity index (χ2v) is 5.15. The maximum atomic E-state index is 9.58. The van der Waals surface area contributed by atoms with Crippen molar-refractivity contribution in [3.8, 4) is 0 Å². The van der Waals surface area contributed by atoms with Gasteiger partial charge >= 0.3 is 0 Å². The lowest BCUT2D eigenvalue weighted by atomic mass is 10.1. The Labute approximate surface area is 125 Å². The summed E-state index contributed by atoms with van der Waals surface area (Å²) < 4.78 is 0. The Balaban J connectivity index is 2.46. The largest absolute Gasteiger partial charge is 0.392 e. The number of anilines is 2. The van der Waals surface area contributed by atoms with E-state index >= 15 is 0 Å². The van der Waals surface area contributed by atoms with Crippen molar-refractivity contribution in [3.05, 3.63) is 59.1 Å². The number of para-hydroxylation sites is 2. The molecular formula is C17H20ClNO. The first kappa shape index (κ1) is 14.9. The van der Waals surface area contributed by atoms with Crippen LogP contribution in [0, 0.1) is 0 Å². The second-order valence-electron chi connectivity index (χ2n) is 4.75. The van der Waals surface area contributed by atoms with E-state index < -0.39 is 0 Å². The molecule has 3 heteroatoms. The normalized spacial score (nSPS) is 10.6. The number of benzene rings is 2. The fourth-order valence-electron chi connectivity index (χ4n) is 2.28. The number of aliphatic hydroxyl groups excluding tert-OH is 1. The molecule has 2 rings (SSSR count). The SMILES string of the molecule is CCCCN(c1ccccc1)c1c(Cl)cccc1CO. The molecule has 0 unspecified atom stereocenters. The molecule has 0 aliphatic rings. The van der Waals surface area contributed by atoms with Gasteiger partial charge in [0, 0.05) is 17.8 Å². The van der Waals surface area contributed by atoms with E-state index in [1.54, 1.807) is 0 Å². The van der Waals surface area contributed by atoms with Gasteiger partial charge in [-0.05, 0) is 24.6 Å². The number of aliphatic hydroxyl groups is 1. The molecule has 0 aromatic heterocycles. The van der Waals surface area contributed by atoms with Crippen molar-refractivity contribution < 1.29 is 5.11 Å². The van der Waals surface area contributed by atoms with Crippen molar-refractivity contribution in [2.75, 3.05) is 11.4 Å². The Morgan fingerprint density at radius 3 is 2.45 bits per heavy atom. The standard InChI is InChI=1S/C17H20ClNO/c1-2-3-12-19(15-9-5-4-6-10-15)17-14(13-20)8-7-11-16(17)18/h4-11,20H,2-3,12-13H2,1H3. The van der Waals surface area contributed by atoms with Gasteiger partial charge in [-0.15, -0.1) is 0 Å². The highest BCUT2D eigenvalue weighted by Gasteiger charge is 2.15. The summed E-state index contributed by atoms with van der Waals surface area (Å²) in [7, 11) is 0. The Kier molecular flexibility index (Phi) is 5.45.